The predicted molar refractivity (Wildman–Crippen MR) is 66.2 cm³/mol. The summed E-state index contributed by atoms with van der Waals surface area (Å²) < 4.78 is 0. The smallest absolute Gasteiger partial charge is 0.250 e. The molecule has 0 heterocycles. The number of carbonyl (C=O) groups excluding carboxylic acids is 1. The van der Waals surface area contributed by atoms with E-state index in [0.29, 0.717) is 10.8 Å². The van der Waals surface area contributed by atoms with Crippen molar-refractivity contribution in [3.05, 3.63) is 29.8 Å². The minimum absolute atomic E-state index is 0.396. The highest BCUT2D eigenvalue weighted by molar-refractivity contribution is 7.99. The molecule has 3 N–H and O–H groups in total. The number of para-hydroxylation sites is 1. The summed E-state index contributed by atoms with van der Waals surface area (Å²) in [5, 5.41) is 3.76. The van der Waals surface area contributed by atoms with Gasteiger partial charge < -0.3 is 11.1 Å². The zero-order valence-corrected chi connectivity index (χ0v) is 9.80. The van der Waals surface area contributed by atoms with Crippen LogP contribution < -0.4 is 11.1 Å². The fourth-order valence-corrected chi connectivity index (χ4v) is 1.71. The summed E-state index contributed by atoms with van der Waals surface area (Å²) in [7, 11) is 0. The summed E-state index contributed by atoms with van der Waals surface area (Å²) >= 11 is 1.78. The van der Waals surface area contributed by atoms with Gasteiger partial charge in [0.1, 0.15) is 0 Å². The molecule has 0 unspecified atom stereocenters. The first-order valence-electron chi connectivity index (χ1n) is 4.85. The van der Waals surface area contributed by atoms with Gasteiger partial charge in [0, 0.05) is 10.9 Å². The summed E-state index contributed by atoms with van der Waals surface area (Å²) in [4.78, 5) is 11.1. The van der Waals surface area contributed by atoms with Gasteiger partial charge in [-0.1, -0.05) is 26.0 Å². The first-order valence-corrected chi connectivity index (χ1v) is 5.90. The molecule has 0 aliphatic carbocycles. The van der Waals surface area contributed by atoms with Crippen LogP contribution >= 0.6 is 11.8 Å². The van der Waals surface area contributed by atoms with E-state index in [1.807, 2.05) is 12.1 Å². The quantitative estimate of drug-likeness (QED) is 0.754. The fraction of sp³-hybridized carbons (Fsp3) is 0.364. The molecule has 15 heavy (non-hydrogen) atoms. The second kappa shape index (κ2) is 5.66. The van der Waals surface area contributed by atoms with Crippen LogP contribution in [0.1, 0.15) is 24.2 Å². The average molecular weight is 224 g/mol. The minimum atomic E-state index is -0.396. The lowest BCUT2D eigenvalue weighted by Crippen LogP contribution is -2.14. The van der Waals surface area contributed by atoms with Crippen LogP contribution in [0.2, 0.25) is 0 Å². The maximum atomic E-state index is 11.1. The highest BCUT2D eigenvalue weighted by atomic mass is 32.2. The SMILES string of the molecule is CC(C)SCNc1ccccc1C(N)=O. The lowest BCUT2D eigenvalue weighted by Gasteiger charge is -2.10. The standard InChI is InChI=1S/C11H16N2OS/c1-8(2)15-7-13-10-6-4-3-5-9(10)11(12)14/h3-6,8,13H,7H2,1-2H3,(H2,12,14). The summed E-state index contributed by atoms with van der Waals surface area (Å²) in [6, 6.07) is 7.28. The lowest BCUT2D eigenvalue weighted by molar-refractivity contribution is 0.100. The van der Waals surface area contributed by atoms with Crippen LogP contribution in [-0.2, 0) is 0 Å². The molecular weight excluding hydrogens is 208 g/mol. The molecule has 0 bridgehead atoms. The van der Waals surface area contributed by atoms with Crippen molar-refractivity contribution in [1.29, 1.82) is 0 Å². The van der Waals surface area contributed by atoms with Gasteiger partial charge in [0.2, 0.25) is 0 Å². The highest BCUT2D eigenvalue weighted by Crippen LogP contribution is 2.16. The number of rotatable bonds is 5. The van der Waals surface area contributed by atoms with Gasteiger partial charge in [-0.15, -0.1) is 11.8 Å². The molecular formula is C11H16N2OS. The van der Waals surface area contributed by atoms with E-state index in [0.717, 1.165) is 11.6 Å². The number of hydrogen-bond donors (Lipinski definition) is 2. The number of benzene rings is 1. The Hall–Kier alpha value is -1.16. The average Bonchev–Trinajstić information content (AvgIpc) is 2.17. The van der Waals surface area contributed by atoms with Crippen LogP contribution in [0.15, 0.2) is 24.3 Å². The minimum Gasteiger partial charge on any atom is -0.375 e. The van der Waals surface area contributed by atoms with Crippen molar-refractivity contribution in [2.75, 3.05) is 11.2 Å². The van der Waals surface area contributed by atoms with E-state index in [-0.39, 0.29) is 0 Å². The van der Waals surface area contributed by atoms with Crippen molar-refractivity contribution >= 4 is 23.4 Å². The normalized spacial score (nSPS) is 10.3. The zero-order chi connectivity index (χ0) is 11.3. The zero-order valence-electron chi connectivity index (χ0n) is 8.99. The van der Waals surface area contributed by atoms with Crippen LogP contribution in [0.5, 0.6) is 0 Å². The number of carbonyl (C=O) groups is 1. The summed E-state index contributed by atoms with van der Waals surface area (Å²) in [5.74, 6) is 0.384. The number of primary amides is 1. The number of thioether (sulfide) groups is 1. The van der Waals surface area contributed by atoms with Crippen LogP contribution in [0, 0.1) is 0 Å². The summed E-state index contributed by atoms with van der Waals surface area (Å²) in [6.07, 6.45) is 0. The molecule has 0 saturated carbocycles. The van der Waals surface area contributed by atoms with Gasteiger partial charge in [-0.25, -0.2) is 0 Å². The Morgan fingerprint density at radius 2 is 2.13 bits per heavy atom. The van der Waals surface area contributed by atoms with Gasteiger partial charge in [0.05, 0.1) is 11.4 Å². The predicted octanol–water partition coefficient (Wildman–Crippen LogP) is 2.30. The van der Waals surface area contributed by atoms with Crippen LogP contribution in [0.3, 0.4) is 0 Å². The monoisotopic (exact) mass is 224 g/mol. The molecule has 1 aromatic carbocycles. The lowest BCUT2D eigenvalue weighted by atomic mass is 10.2. The number of hydrogen-bond acceptors (Lipinski definition) is 3. The van der Waals surface area contributed by atoms with E-state index >= 15 is 0 Å². The number of amides is 1. The molecule has 1 rings (SSSR count). The Balaban J connectivity index is 2.63. The van der Waals surface area contributed by atoms with Crippen molar-refractivity contribution in [2.45, 2.75) is 19.1 Å². The Kier molecular flexibility index (Phi) is 4.49. The Morgan fingerprint density at radius 3 is 2.73 bits per heavy atom. The van der Waals surface area contributed by atoms with Crippen LogP contribution in [-0.4, -0.2) is 17.0 Å². The van der Waals surface area contributed by atoms with E-state index in [9.17, 15) is 4.79 Å². The maximum Gasteiger partial charge on any atom is 0.250 e. The summed E-state index contributed by atoms with van der Waals surface area (Å²) in [5.41, 5.74) is 6.61. The van der Waals surface area contributed by atoms with Gasteiger partial charge in [-0.2, -0.15) is 0 Å². The van der Waals surface area contributed by atoms with Crippen molar-refractivity contribution in [3.8, 4) is 0 Å². The third kappa shape index (κ3) is 3.83. The molecule has 0 saturated heterocycles. The van der Waals surface area contributed by atoms with Gasteiger partial charge >= 0.3 is 0 Å². The first kappa shape index (κ1) is 11.9. The second-order valence-corrected chi connectivity index (χ2v) is 5.01. The Labute approximate surface area is 94.4 Å². The van der Waals surface area contributed by atoms with Crippen molar-refractivity contribution in [3.63, 3.8) is 0 Å². The first-order chi connectivity index (χ1) is 7.11. The maximum absolute atomic E-state index is 11.1. The molecule has 0 aliphatic heterocycles. The van der Waals surface area contributed by atoms with E-state index in [2.05, 4.69) is 19.2 Å². The Morgan fingerprint density at radius 1 is 1.47 bits per heavy atom. The largest absolute Gasteiger partial charge is 0.375 e. The Bertz CT molecular complexity index is 339. The molecule has 0 fully saturated rings. The van der Waals surface area contributed by atoms with Gasteiger partial charge in [0.25, 0.3) is 5.91 Å². The van der Waals surface area contributed by atoms with Gasteiger partial charge in [-0.3, -0.25) is 4.79 Å². The number of nitrogens with one attached hydrogen (secondary N) is 1. The van der Waals surface area contributed by atoms with Crippen molar-refractivity contribution < 1.29 is 4.79 Å². The fourth-order valence-electron chi connectivity index (χ4n) is 1.14. The van der Waals surface area contributed by atoms with E-state index in [1.54, 1.807) is 23.9 Å². The topological polar surface area (TPSA) is 55.1 Å². The number of anilines is 1. The molecule has 0 aliphatic rings. The van der Waals surface area contributed by atoms with E-state index in [4.69, 9.17) is 5.73 Å². The molecule has 1 aromatic rings. The molecule has 0 atom stereocenters. The number of nitrogens with two attached hydrogens (primary N) is 1. The van der Waals surface area contributed by atoms with Gasteiger partial charge in [0.15, 0.2) is 0 Å². The molecule has 4 heteroatoms. The van der Waals surface area contributed by atoms with E-state index < -0.39 is 5.91 Å². The van der Waals surface area contributed by atoms with Crippen LogP contribution in [0.25, 0.3) is 0 Å². The second-order valence-electron chi connectivity index (χ2n) is 3.45. The molecule has 0 spiro atoms. The molecule has 3 nitrogen and oxygen atoms in total. The molecule has 82 valence electrons. The van der Waals surface area contributed by atoms with Crippen molar-refractivity contribution in [2.24, 2.45) is 5.73 Å². The van der Waals surface area contributed by atoms with E-state index in [1.165, 1.54) is 0 Å². The molecule has 1 amide bonds. The van der Waals surface area contributed by atoms with Crippen molar-refractivity contribution in [1.82, 2.24) is 0 Å². The highest BCUT2D eigenvalue weighted by Gasteiger charge is 2.06. The van der Waals surface area contributed by atoms with Gasteiger partial charge in [-0.05, 0) is 12.1 Å². The summed E-state index contributed by atoms with van der Waals surface area (Å²) in [6.45, 7) is 4.26. The third-order valence-corrected chi connectivity index (χ3v) is 2.85. The van der Waals surface area contributed by atoms with Crippen LogP contribution in [0.4, 0.5) is 5.69 Å². The molecule has 0 radical (unpaired) electrons. The molecule has 0 aromatic heterocycles. The third-order valence-electron chi connectivity index (χ3n) is 1.87.